The van der Waals surface area contributed by atoms with Crippen molar-refractivity contribution in [3.05, 3.63) is 35.6 Å². The van der Waals surface area contributed by atoms with E-state index in [-0.39, 0.29) is 17.8 Å². The maximum absolute atomic E-state index is 13.5. The van der Waals surface area contributed by atoms with Crippen LogP contribution in [0.25, 0.3) is 0 Å². The van der Waals surface area contributed by atoms with Crippen LogP contribution in [0.2, 0.25) is 0 Å². The second-order valence-corrected chi connectivity index (χ2v) is 5.62. The van der Waals surface area contributed by atoms with Crippen molar-refractivity contribution in [2.45, 2.75) is 26.2 Å². The molecule has 1 aromatic rings. The lowest BCUT2D eigenvalue weighted by Gasteiger charge is -2.14. The van der Waals surface area contributed by atoms with Crippen LogP contribution in [0.5, 0.6) is 0 Å². The lowest BCUT2D eigenvalue weighted by Crippen LogP contribution is -2.39. The lowest BCUT2D eigenvalue weighted by atomic mass is 10.1. The van der Waals surface area contributed by atoms with Crippen LogP contribution in [0.15, 0.2) is 29.3 Å². The van der Waals surface area contributed by atoms with E-state index in [2.05, 4.69) is 15.6 Å². The van der Waals surface area contributed by atoms with Crippen molar-refractivity contribution in [1.29, 1.82) is 0 Å². The van der Waals surface area contributed by atoms with Crippen LogP contribution in [0.3, 0.4) is 0 Å². The van der Waals surface area contributed by atoms with Crippen LogP contribution in [0.1, 0.15) is 25.3 Å². The normalized spacial score (nSPS) is 16.6. The number of aliphatic hydroxyl groups excluding tert-OH is 1. The monoisotopic (exact) mass is 293 g/mol. The van der Waals surface area contributed by atoms with Gasteiger partial charge in [-0.15, -0.1) is 0 Å². The molecule has 21 heavy (non-hydrogen) atoms. The maximum atomic E-state index is 13.5. The van der Waals surface area contributed by atoms with Crippen LogP contribution in [0, 0.1) is 11.2 Å². The highest BCUT2D eigenvalue weighted by Crippen LogP contribution is 2.45. The SMILES string of the molecule is CCNC(=NCC1(CO)CC1)NCCc1ccccc1F. The average Bonchev–Trinajstić information content (AvgIpc) is 3.27. The maximum Gasteiger partial charge on any atom is 0.191 e. The first-order chi connectivity index (χ1) is 10.2. The van der Waals surface area contributed by atoms with Crippen LogP contribution in [-0.2, 0) is 6.42 Å². The summed E-state index contributed by atoms with van der Waals surface area (Å²) in [5, 5.41) is 15.7. The number of benzene rings is 1. The summed E-state index contributed by atoms with van der Waals surface area (Å²) in [6, 6.07) is 6.82. The van der Waals surface area contributed by atoms with Crippen molar-refractivity contribution in [1.82, 2.24) is 10.6 Å². The number of hydrogen-bond donors (Lipinski definition) is 3. The zero-order chi connectivity index (χ0) is 15.1. The fraction of sp³-hybridized carbons (Fsp3) is 0.562. The van der Waals surface area contributed by atoms with Gasteiger partial charge in [0, 0.05) is 18.5 Å². The van der Waals surface area contributed by atoms with Crippen molar-refractivity contribution in [2.75, 3.05) is 26.2 Å². The first kappa shape index (κ1) is 15.8. The summed E-state index contributed by atoms with van der Waals surface area (Å²) in [4.78, 5) is 4.51. The Balaban J connectivity index is 1.82. The summed E-state index contributed by atoms with van der Waals surface area (Å²) in [7, 11) is 0. The Labute approximate surface area is 125 Å². The van der Waals surface area contributed by atoms with Crippen molar-refractivity contribution in [3.8, 4) is 0 Å². The Morgan fingerprint density at radius 3 is 2.71 bits per heavy atom. The molecule has 0 aliphatic heterocycles. The van der Waals surface area contributed by atoms with E-state index in [1.54, 1.807) is 12.1 Å². The van der Waals surface area contributed by atoms with E-state index >= 15 is 0 Å². The van der Waals surface area contributed by atoms with E-state index in [0.29, 0.717) is 25.1 Å². The molecule has 116 valence electrons. The van der Waals surface area contributed by atoms with Gasteiger partial charge in [-0.1, -0.05) is 18.2 Å². The summed E-state index contributed by atoms with van der Waals surface area (Å²) in [6.07, 6.45) is 2.70. The van der Waals surface area contributed by atoms with E-state index in [4.69, 9.17) is 0 Å². The molecule has 0 heterocycles. The molecule has 1 aliphatic carbocycles. The van der Waals surface area contributed by atoms with Crippen LogP contribution in [-0.4, -0.2) is 37.3 Å². The van der Waals surface area contributed by atoms with E-state index in [0.717, 1.165) is 25.3 Å². The zero-order valence-corrected chi connectivity index (χ0v) is 12.5. The Morgan fingerprint density at radius 2 is 2.10 bits per heavy atom. The van der Waals surface area contributed by atoms with Crippen molar-refractivity contribution < 1.29 is 9.50 Å². The van der Waals surface area contributed by atoms with Gasteiger partial charge < -0.3 is 15.7 Å². The van der Waals surface area contributed by atoms with Gasteiger partial charge in [0.1, 0.15) is 5.82 Å². The van der Waals surface area contributed by atoms with Gasteiger partial charge in [0.2, 0.25) is 0 Å². The highest BCUT2D eigenvalue weighted by Gasteiger charge is 2.41. The third kappa shape index (κ3) is 4.70. The van der Waals surface area contributed by atoms with Crippen molar-refractivity contribution in [2.24, 2.45) is 10.4 Å². The second-order valence-electron chi connectivity index (χ2n) is 5.62. The number of guanidine groups is 1. The summed E-state index contributed by atoms with van der Waals surface area (Å²) in [5.41, 5.74) is 0.711. The lowest BCUT2D eigenvalue weighted by molar-refractivity contribution is 0.217. The molecule has 3 N–H and O–H groups in total. The van der Waals surface area contributed by atoms with Gasteiger partial charge in [-0.05, 0) is 37.8 Å². The first-order valence-corrected chi connectivity index (χ1v) is 7.55. The number of halogens is 1. The van der Waals surface area contributed by atoms with Crippen molar-refractivity contribution >= 4 is 5.96 Å². The molecular weight excluding hydrogens is 269 g/mol. The third-order valence-corrected chi connectivity index (χ3v) is 3.85. The Morgan fingerprint density at radius 1 is 1.33 bits per heavy atom. The fourth-order valence-corrected chi connectivity index (χ4v) is 2.15. The molecule has 0 amide bonds. The summed E-state index contributed by atoms with van der Waals surface area (Å²) >= 11 is 0. The number of aliphatic hydroxyl groups is 1. The van der Waals surface area contributed by atoms with Gasteiger partial charge in [0.25, 0.3) is 0 Å². The molecule has 0 radical (unpaired) electrons. The van der Waals surface area contributed by atoms with E-state index in [1.165, 1.54) is 6.07 Å². The molecule has 1 aromatic carbocycles. The largest absolute Gasteiger partial charge is 0.396 e. The number of hydrogen-bond acceptors (Lipinski definition) is 2. The topological polar surface area (TPSA) is 56.7 Å². The van der Waals surface area contributed by atoms with Gasteiger partial charge in [-0.2, -0.15) is 0 Å². The molecule has 0 aromatic heterocycles. The smallest absolute Gasteiger partial charge is 0.191 e. The summed E-state index contributed by atoms with van der Waals surface area (Å²) in [6.45, 7) is 4.24. The minimum atomic E-state index is -0.168. The highest BCUT2D eigenvalue weighted by atomic mass is 19.1. The Bertz CT molecular complexity index is 486. The molecule has 0 atom stereocenters. The van der Waals surface area contributed by atoms with Crippen LogP contribution >= 0.6 is 0 Å². The summed E-state index contributed by atoms with van der Waals surface area (Å²) in [5.74, 6) is 0.562. The number of aliphatic imine (C=N–C) groups is 1. The minimum absolute atomic E-state index is 0.00783. The average molecular weight is 293 g/mol. The second kappa shape index (κ2) is 7.41. The predicted molar refractivity (Wildman–Crippen MR) is 82.8 cm³/mol. The fourth-order valence-electron chi connectivity index (χ4n) is 2.15. The Hall–Kier alpha value is -1.62. The van der Waals surface area contributed by atoms with Gasteiger partial charge in [0.05, 0.1) is 13.2 Å². The molecule has 5 heteroatoms. The standard InChI is InChI=1S/C16H24FN3O/c1-2-18-15(20-11-16(12-21)8-9-16)19-10-7-13-5-3-4-6-14(13)17/h3-6,21H,2,7-12H2,1H3,(H2,18,19,20). The summed E-state index contributed by atoms with van der Waals surface area (Å²) < 4.78 is 13.5. The molecule has 0 unspecified atom stereocenters. The van der Waals surface area contributed by atoms with Gasteiger partial charge in [0.15, 0.2) is 5.96 Å². The molecule has 4 nitrogen and oxygen atoms in total. The third-order valence-electron chi connectivity index (χ3n) is 3.85. The number of rotatable bonds is 7. The van der Waals surface area contributed by atoms with Crippen LogP contribution < -0.4 is 10.6 Å². The molecule has 1 fully saturated rings. The van der Waals surface area contributed by atoms with Gasteiger partial charge in [-0.25, -0.2) is 4.39 Å². The molecular formula is C16H24FN3O. The first-order valence-electron chi connectivity index (χ1n) is 7.55. The molecule has 0 saturated heterocycles. The molecule has 1 aliphatic rings. The zero-order valence-electron chi connectivity index (χ0n) is 12.5. The predicted octanol–water partition coefficient (Wildman–Crippen LogP) is 1.70. The van der Waals surface area contributed by atoms with Gasteiger partial charge in [-0.3, -0.25) is 4.99 Å². The van der Waals surface area contributed by atoms with E-state index in [1.807, 2.05) is 13.0 Å². The Kier molecular flexibility index (Phi) is 5.56. The quantitative estimate of drug-likeness (QED) is 0.530. The van der Waals surface area contributed by atoms with Crippen LogP contribution in [0.4, 0.5) is 4.39 Å². The van der Waals surface area contributed by atoms with E-state index in [9.17, 15) is 9.50 Å². The molecule has 0 bridgehead atoms. The molecule has 1 saturated carbocycles. The molecule has 0 spiro atoms. The molecule has 2 rings (SSSR count). The van der Waals surface area contributed by atoms with Crippen molar-refractivity contribution in [3.63, 3.8) is 0 Å². The van der Waals surface area contributed by atoms with E-state index < -0.39 is 0 Å². The number of nitrogens with zero attached hydrogens (tertiary/aromatic N) is 1. The highest BCUT2D eigenvalue weighted by molar-refractivity contribution is 5.79. The van der Waals surface area contributed by atoms with Gasteiger partial charge >= 0.3 is 0 Å². The minimum Gasteiger partial charge on any atom is -0.396 e. The number of nitrogens with one attached hydrogen (secondary N) is 2.